The van der Waals surface area contributed by atoms with E-state index in [1.54, 1.807) is 0 Å². The van der Waals surface area contributed by atoms with Crippen molar-refractivity contribution in [3.05, 3.63) is 60.0 Å². The summed E-state index contributed by atoms with van der Waals surface area (Å²) < 4.78 is 0. The highest BCUT2D eigenvalue weighted by molar-refractivity contribution is 5.82. The predicted octanol–water partition coefficient (Wildman–Crippen LogP) is 4.35. The van der Waals surface area contributed by atoms with Crippen molar-refractivity contribution in [1.29, 1.82) is 0 Å². The minimum Gasteiger partial charge on any atom is -0.301 e. The zero-order valence-corrected chi connectivity index (χ0v) is 20.3. The zero-order chi connectivity index (χ0) is 23.5. The second-order valence-electron chi connectivity index (χ2n) is 9.48. The van der Waals surface area contributed by atoms with Crippen LogP contribution in [-0.2, 0) is 6.42 Å². The van der Waals surface area contributed by atoms with E-state index in [-0.39, 0.29) is 0 Å². The van der Waals surface area contributed by atoms with Crippen LogP contribution in [0.2, 0.25) is 0 Å². The number of hydrogen-bond donors (Lipinski definition) is 1. The maximum atomic E-state index is 4.94. The van der Waals surface area contributed by atoms with E-state index in [1.807, 2.05) is 49.6 Å². The third-order valence-corrected chi connectivity index (χ3v) is 6.73. The highest BCUT2D eigenvalue weighted by Gasteiger charge is 2.18. The Balaban J connectivity index is 1.28. The molecule has 0 atom stereocenters. The quantitative estimate of drug-likeness (QED) is 0.447. The number of aromatic amines is 1. The summed E-state index contributed by atoms with van der Waals surface area (Å²) in [7, 11) is 0. The number of hydrogen-bond acceptors (Lipinski definition) is 6. The Morgan fingerprint density at radius 2 is 1.79 bits per heavy atom. The SMILES string of the molecule is Cc1cccc(-c2[nH]ncc2-c2ccc3ncc(CCCN4CCN(C(C)C)CC4)cc3n2)n1. The third kappa shape index (κ3) is 5.00. The molecule has 7 heteroatoms. The van der Waals surface area contributed by atoms with Gasteiger partial charge in [-0.3, -0.25) is 20.0 Å². The fraction of sp³-hybridized carbons (Fsp3) is 0.407. The number of pyridine rings is 3. The van der Waals surface area contributed by atoms with E-state index in [4.69, 9.17) is 4.98 Å². The summed E-state index contributed by atoms with van der Waals surface area (Å²) in [6.07, 6.45) is 5.98. The van der Waals surface area contributed by atoms with Gasteiger partial charge in [-0.25, -0.2) is 4.98 Å². The summed E-state index contributed by atoms with van der Waals surface area (Å²) in [4.78, 5) is 19.4. The van der Waals surface area contributed by atoms with Crippen LogP contribution in [0.5, 0.6) is 0 Å². The molecule has 0 radical (unpaired) electrons. The Morgan fingerprint density at radius 1 is 0.941 bits per heavy atom. The first kappa shape index (κ1) is 22.6. The molecular formula is C27H33N7. The molecule has 0 spiro atoms. The van der Waals surface area contributed by atoms with E-state index < -0.39 is 0 Å². The number of fused-ring (bicyclic) bond motifs is 1. The summed E-state index contributed by atoms with van der Waals surface area (Å²) in [6, 6.07) is 12.9. The highest BCUT2D eigenvalue weighted by Crippen LogP contribution is 2.29. The Kier molecular flexibility index (Phi) is 6.65. The molecular weight excluding hydrogens is 422 g/mol. The van der Waals surface area contributed by atoms with Crippen LogP contribution in [0.3, 0.4) is 0 Å². The molecule has 4 aromatic heterocycles. The van der Waals surface area contributed by atoms with Gasteiger partial charge in [0.05, 0.1) is 34.3 Å². The second-order valence-corrected chi connectivity index (χ2v) is 9.48. The van der Waals surface area contributed by atoms with Gasteiger partial charge >= 0.3 is 0 Å². The van der Waals surface area contributed by atoms with Crippen molar-refractivity contribution in [1.82, 2.24) is 34.9 Å². The van der Waals surface area contributed by atoms with Crippen molar-refractivity contribution < 1.29 is 0 Å². The van der Waals surface area contributed by atoms with Crippen molar-refractivity contribution in [3.63, 3.8) is 0 Å². The molecule has 1 fully saturated rings. The Bertz CT molecular complexity index is 1250. The number of piperazine rings is 1. The van der Waals surface area contributed by atoms with Crippen molar-refractivity contribution in [3.8, 4) is 22.6 Å². The Labute approximate surface area is 201 Å². The molecule has 4 aromatic rings. The number of rotatable bonds is 7. The molecule has 0 bridgehead atoms. The van der Waals surface area contributed by atoms with Crippen molar-refractivity contribution >= 4 is 11.0 Å². The lowest BCUT2D eigenvalue weighted by Gasteiger charge is -2.36. The van der Waals surface area contributed by atoms with Crippen LogP contribution in [-0.4, -0.2) is 73.7 Å². The topological polar surface area (TPSA) is 73.8 Å². The molecule has 1 aliphatic heterocycles. The van der Waals surface area contributed by atoms with Gasteiger partial charge < -0.3 is 4.90 Å². The van der Waals surface area contributed by atoms with Crippen LogP contribution in [0.15, 0.2) is 48.8 Å². The number of aromatic nitrogens is 5. The van der Waals surface area contributed by atoms with Crippen LogP contribution in [0.1, 0.15) is 31.5 Å². The average Bonchev–Trinajstić information content (AvgIpc) is 3.34. The van der Waals surface area contributed by atoms with E-state index >= 15 is 0 Å². The maximum Gasteiger partial charge on any atom is 0.0928 e. The lowest BCUT2D eigenvalue weighted by atomic mass is 10.1. The fourth-order valence-electron chi connectivity index (χ4n) is 4.70. The molecule has 0 unspecified atom stereocenters. The molecule has 0 aliphatic carbocycles. The van der Waals surface area contributed by atoms with Gasteiger partial charge in [-0.2, -0.15) is 5.10 Å². The zero-order valence-electron chi connectivity index (χ0n) is 20.3. The van der Waals surface area contributed by atoms with E-state index in [1.165, 1.54) is 31.7 Å². The Morgan fingerprint density at radius 3 is 2.59 bits per heavy atom. The summed E-state index contributed by atoms with van der Waals surface area (Å²) >= 11 is 0. The normalized spacial score (nSPS) is 15.4. The second kappa shape index (κ2) is 9.99. The molecule has 0 aromatic carbocycles. The van der Waals surface area contributed by atoms with Gasteiger partial charge in [0.2, 0.25) is 0 Å². The first-order valence-electron chi connectivity index (χ1n) is 12.3. The van der Waals surface area contributed by atoms with Gasteiger partial charge in [-0.05, 0) is 76.1 Å². The third-order valence-electron chi connectivity index (χ3n) is 6.73. The summed E-state index contributed by atoms with van der Waals surface area (Å²) in [5.41, 5.74) is 7.63. The van der Waals surface area contributed by atoms with Crippen LogP contribution in [0.25, 0.3) is 33.7 Å². The van der Waals surface area contributed by atoms with Crippen molar-refractivity contribution in [2.24, 2.45) is 0 Å². The molecule has 5 heterocycles. The van der Waals surface area contributed by atoms with Crippen molar-refractivity contribution in [2.45, 2.75) is 39.7 Å². The first-order valence-corrected chi connectivity index (χ1v) is 12.3. The van der Waals surface area contributed by atoms with Gasteiger partial charge in [0, 0.05) is 49.7 Å². The number of nitrogens with zero attached hydrogens (tertiary/aromatic N) is 6. The lowest BCUT2D eigenvalue weighted by Crippen LogP contribution is -2.48. The summed E-state index contributed by atoms with van der Waals surface area (Å²) in [5, 5.41) is 7.37. The standard InChI is InChI=1S/C27H33N7/c1-19(2)34-14-12-33(13-15-34)11-5-7-21-16-26-24(28-17-21)10-9-23(31-26)22-18-29-32-27(22)25-8-4-6-20(3)30-25/h4,6,8-10,16-19H,5,7,11-15H2,1-3H3,(H,29,32). The summed E-state index contributed by atoms with van der Waals surface area (Å²) in [5.74, 6) is 0. The van der Waals surface area contributed by atoms with Gasteiger partial charge in [0.15, 0.2) is 0 Å². The molecule has 1 N–H and O–H groups in total. The Hall–Kier alpha value is -3.16. The molecule has 0 amide bonds. The highest BCUT2D eigenvalue weighted by atomic mass is 15.3. The van der Waals surface area contributed by atoms with E-state index in [9.17, 15) is 0 Å². The van der Waals surface area contributed by atoms with Gasteiger partial charge in [0.25, 0.3) is 0 Å². The number of H-pyrrole nitrogens is 1. The fourth-order valence-corrected chi connectivity index (χ4v) is 4.70. The number of aryl methyl sites for hydroxylation is 2. The molecule has 1 aliphatic rings. The van der Waals surface area contributed by atoms with Gasteiger partial charge in [0.1, 0.15) is 0 Å². The monoisotopic (exact) mass is 455 g/mol. The van der Waals surface area contributed by atoms with E-state index in [0.717, 1.165) is 58.8 Å². The molecule has 7 nitrogen and oxygen atoms in total. The van der Waals surface area contributed by atoms with Crippen LogP contribution < -0.4 is 0 Å². The molecule has 0 saturated carbocycles. The molecule has 176 valence electrons. The van der Waals surface area contributed by atoms with Crippen LogP contribution >= 0.6 is 0 Å². The molecule has 5 rings (SSSR count). The minimum atomic E-state index is 0.648. The smallest absolute Gasteiger partial charge is 0.0928 e. The van der Waals surface area contributed by atoms with E-state index in [2.05, 4.69) is 49.9 Å². The minimum absolute atomic E-state index is 0.648. The van der Waals surface area contributed by atoms with Gasteiger partial charge in [-0.15, -0.1) is 0 Å². The van der Waals surface area contributed by atoms with Crippen molar-refractivity contribution in [2.75, 3.05) is 32.7 Å². The van der Waals surface area contributed by atoms with Crippen LogP contribution in [0, 0.1) is 6.92 Å². The van der Waals surface area contributed by atoms with Gasteiger partial charge in [-0.1, -0.05) is 6.07 Å². The maximum absolute atomic E-state index is 4.94. The molecule has 1 saturated heterocycles. The average molecular weight is 456 g/mol. The number of nitrogens with one attached hydrogen (secondary N) is 1. The van der Waals surface area contributed by atoms with E-state index in [0.29, 0.717) is 6.04 Å². The molecule has 34 heavy (non-hydrogen) atoms. The lowest BCUT2D eigenvalue weighted by molar-refractivity contribution is 0.108. The van der Waals surface area contributed by atoms with Crippen LogP contribution in [0.4, 0.5) is 0 Å². The first-order chi connectivity index (χ1) is 16.6. The largest absolute Gasteiger partial charge is 0.301 e. The summed E-state index contributed by atoms with van der Waals surface area (Å²) in [6.45, 7) is 12.4. The predicted molar refractivity (Wildman–Crippen MR) is 137 cm³/mol.